The number of ether oxygens (including phenoxy) is 2. The topological polar surface area (TPSA) is 30.5 Å². The highest BCUT2D eigenvalue weighted by Crippen LogP contribution is 2.50. The zero-order valence-electron chi connectivity index (χ0n) is 23.2. The highest BCUT2D eigenvalue weighted by atomic mass is 16.5. The standard InChI is InChI=1S/C37H31NO2/c1-37(2)31-14-8-7-11-27(31)28-19-17-25(21-32(28)37)38-33-22-35(40-4)29-12-5-6-13-30(29)36(33)24-16-18-26-23(20-24)10-9-15-34(26)39-3/h5-22,38H,1-4H3. The molecule has 0 saturated carbocycles. The molecule has 40 heavy (non-hydrogen) atoms. The molecule has 0 amide bonds. The zero-order valence-corrected chi connectivity index (χ0v) is 23.2. The first-order valence-electron chi connectivity index (χ1n) is 13.7. The maximum Gasteiger partial charge on any atom is 0.128 e. The minimum Gasteiger partial charge on any atom is -0.496 e. The van der Waals surface area contributed by atoms with Crippen molar-refractivity contribution in [3.8, 4) is 33.8 Å². The maximum absolute atomic E-state index is 5.89. The first-order chi connectivity index (χ1) is 19.5. The van der Waals surface area contributed by atoms with E-state index in [4.69, 9.17) is 9.47 Å². The van der Waals surface area contributed by atoms with E-state index in [1.54, 1.807) is 14.2 Å². The molecule has 0 aliphatic heterocycles. The summed E-state index contributed by atoms with van der Waals surface area (Å²) in [5.74, 6) is 1.72. The molecular weight excluding hydrogens is 490 g/mol. The van der Waals surface area contributed by atoms with Crippen LogP contribution in [0.4, 0.5) is 11.4 Å². The summed E-state index contributed by atoms with van der Waals surface area (Å²) in [6.45, 7) is 4.63. The SMILES string of the molecule is COc1cccc2cc(-c3c(Nc4ccc5c(c4)C(C)(C)c4ccccc4-5)cc(OC)c4ccccc34)ccc12. The molecule has 3 nitrogen and oxygen atoms in total. The van der Waals surface area contributed by atoms with Gasteiger partial charge in [-0.2, -0.15) is 0 Å². The molecule has 0 bridgehead atoms. The smallest absolute Gasteiger partial charge is 0.128 e. The lowest BCUT2D eigenvalue weighted by atomic mass is 9.82. The molecule has 6 aromatic rings. The lowest BCUT2D eigenvalue weighted by molar-refractivity contribution is 0.420. The number of hydrogen-bond donors (Lipinski definition) is 1. The predicted molar refractivity (Wildman–Crippen MR) is 167 cm³/mol. The van der Waals surface area contributed by atoms with Crippen molar-refractivity contribution in [1.29, 1.82) is 0 Å². The van der Waals surface area contributed by atoms with Gasteiger partial charge in [-0.05, 0) is 62.9 Å². The monoisotopic (exact) mass is 521 g/mol. The first-order valence-corrected chi connectivity index (χ1v) is 13.7. The average Bonchev–Trinajstić information content (AvgIpc) is 3.22. The van der Waals surface area contributed by atoms with Gasteiger partial charge in [0.25, 0.3) is 0 Å². The molecule has 0 radical (unpaired) electrons. The van der Waals surface area contributed by atoms with Crippen LogP contribution in [0.1, 0.15) is 25.0 Å². The molecule has 1 N–H and O–H groups in total. The summed E-state index contributed by atoms with van der Waals surface area (Å²) in [5.41, 5.74) is 9.63. The average molecular weight is 522 g/mol. The highest BCUT2D eigenvalue weighted by Gasteiger charge is 2.35. The van der Waals surface area contributed by atoms with Gasteiger partial charge in [0.1, 0.15) is 11.5 Å². The summed E-state index contributed by atoms with van der Waals surface area (Å²) in [4.78, 5) is 0. The number of hydrogen-bond acceptors (Lipinski definition) is 3. The van der Waals surface area contributed by atoms with E-state index >= 15 is 0 Å². The summed E-state index contributed by atoms with van der Waals surface area (Å²) in [5, 5.41) is 8.26. The van der Waals surface area contributed by atoms with Crippen LogP contribution in [-0.2, 0) is 5.41 Å². The van der Waals surface area contributed by atoms with Crippen LogP contribution in [0.25, 0.3) is 43.8 Å². The largest absolute Gasteiger partial charge is 0.496 e. The number of methoxy groups -OCH3 is 2. The molecular formula is C37H31NO2. The van der Waals surface area contributed by atoms with Crippen LogP contribution in [-0.4, -0.2) is 14.2 Å². The van der Waals surface area contributed by atoms with Gasteiger partial charge in [0, 0.05) is 33.5 Å². The van der Waals surface area contributed by atoms with E-state index in [1.165, 1.54) is 22.3 Å². The Morgan fingerprint density at radius 3 is 2.15 bits per heavy atom. The van der Waals surface area contributed by atoms with Crippen LogP contribution < -0.4 is 14.8 Å². The van der Waals surface area contributed by atoms with Crippen LogP contribution >= 0.6 is 0 Å². The molecule has 0 saturated heterocycles. The second-order valence-electron chi connectivity index (χ2n) is 11.0. The maximum atomic E-state index is 5.89. The van der Waals surface area contributed by atoms with Gasteiger partial charge in [0.2, 0.25) is 0 Å². The van der Waals surface area contributed by atoms with E-state index in [2.05, 4.69) is 116 Å². The minimum atomic E-state index is -0.0646. The minimum absolute atomic E-state index is 0.0646. The zero-order chi connectivity index (χ0) is 27.4. The van der Waals surface area contributed by atoms with E-state index in [-0.39, 0.29) is 5.41 Å². The van der Waals surface area contributed by atoms with Crippen molar-refractivity contribution in [3.63, 3.8) is 0 Å². The number of benzene rings is 6. The Bertz CT molecular complexity index is 1940. The number of nitrogens with one attached hydrogen (secondary N) is 1. The van der Waals surface area contributed by atoms with Gasteiger partial charge < -0.3 is 14.8 Å². The van der Waals surface area contributed by atoms with Crippen molar-refractivity contribution >= 4 is 32.9 Å². The van der Waals surface area contributed by atoms with E-state index in [1.807, 2.05) is 12.1 Å². The lowest BCUT2D eigenvalue weighted by Gasteiger charge is -2.23. The van der Waals surface area contributed by atoms with E-state index < -0.39 is 0 Å². The van der Waals surface area contributed by atoms with Crippen molar-refractivity contribution in [2.24, 2.45) is 0 Å². The third-order valence-corrected chi connectivity index (χ3v) is 8.44. The van der Waals surface area contributed by atoms with Gasteiger partial charge in [-0.15, -0.1) is 0 Å². The van der Waals surface area contributed by atoms with Gasteiger partial charge in [-0.1, -0.05) is 92.7 Å². The number of fused-ring (bicyclic) bond motifs is 5. The third kappa shape index (κ3) is 3.65. The Balaban J connectivity index is 1.41. The van der Waals surface area contributed by atoms with Gasteiger partial charge in [0.15, 0.2) is 0 Å². The van der Waals surface area contributed by atoms with Crippen LogP contribution in [0, 0.1) is 0 Å². The van der Waals surface area contributed by atoms with Crippen molar-refractivity contribution in [3.05, 3.63) is 120 Å². The van der Waals surface area contributed by atoms with Crippen molar-refractivity contribution in [1.82, 2.24) is 0 Å². The number of anilines is 2. The fraction of sp³-hybridized carbons (Fsp3) is 0.135. The Hall–Kier alpha value is -4.76. The fourth-order valence-electron chi connectivity index (χ4n) is 6.45. The molecule has 6 aromatic carbocycles. The van der Waals surface area contributed by atoms with Crippen LogP contribution in [0.2, 0.25) is 0 Å². The molecule has 196 valence electrons. The normalized spacial score (nSPS) is 13.2. The fourth-order valence-corrected chi connectivity index (χ4v) is 6.45. The summed E-state index contributed by atoms with van der Waals surface area (Å²) in [6.07, 6.45) is 0. The molecule has 0 unspecified atom stereocenters. The van der Waals surface area contributed by atoms with Crippen LogP contribution in [0.3, 0.4) is 0 Å². The molecule has 0 heterocycles. The Morgan fingerprint density at radius 1 is 0.575 bits per heavy atom. The van der Waals surface area contributed by atoms with Gasteiger partial charge in [-0.3, -0.25) is 0 Å². The van der Waals surface area contributed by atoms with Crippen LogP contribution in [0.15, 0.2) is 109 Å². The summed E-state index contributed by atoms with van der Waals surface area (Å²) in [6, 6.07) is 38.9. The first kappa shape index (κ1) is 24.3. The molecule has 0 aromatic heterocycles. The molecule has 7 rings (SSSR count). The van der Waals surface area contributed by atoms with Crippen LogP contribution in [0.5, 0.6) is 11.5 Å². The van der Waals surface area contributed by atoms with Crippen molar-refractivity contribution in [2.75, 3.05) is 19.5 Å². The third-order valence-electron chi connectivity index (χ3n) is 8.44. The Kier molecular flexibility index (Phi) is 5.57. The number of rotatable bonds is 5. The highest BCUT2D eigenvalue weighted by molar-refractivity contribution is 6.08. The molecule has 1 aliphatic rings. The van der Waals surface area contributed by atoms with E-state index in [9.17, 15) is 0 Å². The van der Waals surface area contributed by atoms with E-state index in [0.29, 0.717) is 0 Å². The summed E-state index contributed by atoms with van der Waals surface area (Å²) >= 11 is 0. The van der Waals surface area contributed by atoms with Gasteiger partial charge >= 0.3 is 0 Å². The quantitative estimate of drug-likeness (QED) is 0.245. The molecule has 1 aliphatic carbocycles. The summed E-state index contributed by atoms with van der Waals surface area (Å²) < 4.78 is 11.5. The van der Waals surface area contributed by atoms with E-state index in [0.717, 1.165) is 55.5 Å². The second kappa shape index (κ2) is 9.17. The van der Waals surface area contributed by atoms with Crippen molar-refractivity contribution in [2.45, 2.75) is 19.3 Å². The molecule has 3 heteroatoms. The van der Waals surface area contributed by atoms with Crippen molar-refractivity contribution < 1.29 is 9.47 Å². The second-order valence-corrected chi connectivity index (χ2v) is 11.0. The molecule has 0 spiro atoms. The molecule has 0 atom stereocenters. The predicted octanol–water partition coefficient (Wildman–Crippen LogP) is 9.73. The van der Waals surface area contributed by atoms with Gasteiger partial charge in [0.05, 0.1) is 19.9 Å². The Labute approximate surface area is 235 Å². The lowest BCUT2D eigenvalue weighted by Crippen LogP contribution is -2.15. The summed E-state index contributed by atoms with van der Waals surface area (Å²) in [7, 11) is 3.46. The molecule has 0 fully saturated rings. The van der Waals surface area contributed by atoms with Gasteiger partial charge in [-0.25, -0.2) is 0 Å². The Morgan fingerprint density at radius 2 is 1.32 bits per heavy atom.